The van der Waals surface area contributed by atoms with E-state index in [1.807, 2.05) is 0 Å². The number of benzene rings is 1. The molecule has 104 valence electrons. The van der Waals surface area contributed by atoms with Crippen LogP contribution in [0, 0.1) is 10.1 Å². The summed E-state index contributed by atoms with van der Waals surface area (Å²) in [5.74, 6) is 0.435. The molecule has 0 fully saturated rings. The van der Waals surface area contributed by atoms with Crippen molar-refractivity contribution in [1.82, 2.24) is 5.32 Å². The zero-order chi connectivity index (χ0) is 14.3. The summed E-state index contributed by atoms with van der Waals surface area (Å²) in [5, 5.41) is 13.4. The summed E-state index contributed by atoms with van der Waals surface area (Å²) in [5.41, 5.74) is 0.0759. The lowest BCUT2D eigenvalue weighted by molar-refractivity contribution is -0.384. The van der Waals surface area contributed by atoms with Crippen LogP contribution in [0.2, 0.25) is 0 Å². The molecule has 1 unspecified atom stereocenters. The molecular formula is C12H16N2O4S. The number of thioether (sulfide) groups is 1. The van der Waals surface area contributed by atoms with Crippen molar-refractivity contribution < 1.29 is 14.5 Å². The molecule has 0 bridgehead atoms. The van der Waals surface area contributed by atoms with E-state index in [0.29, 0.717) is 6.42 Å². The molecule has 0 saturated heterocycles. The van der Waals surface area contributed by atoms with Crippen molar-refractivity contribution in [3.05, 3.63) is 34.4 Å². The summed E-state index contributed by atoms with van der Waals surface area (Å²) in [7, 11) is 3.06. The lowest BCUT2D eigenvalue weighted by Gasteiger charge is -2.12. The predicted octanol–water partition coefficient (Wildman–Crippen LogP) is 1.84. The molecule has 0 saturated carbocycles. The standard InChI is InChI=1S/C12H16N2O4S/c1-13-11(12(15)18-2)7-8-19-10-5-3-9(4-6-10)14(16)17/h3-6,11,13H,7-8H2,1-2H3. The Hall–Kier alpha value is -1.60. The Balaban J connectivity index is 2.44. The number of carbonyl (C=O) groups excluding carboxylic acids is 1. The van der Waals surface area contributed by atoms with Gasteiger partial charge in [0.05, 0.1) is 12.0 Å². The summed E-state index contributed by atoms with van der Waals surface area (Å²) in [4.78, 5) is 22.3. The van der Waals surface area contributed by atoms with Crippen LogP contribution in [0.1, 0.15) is 6.42 Å². The molecule has 0 heterocycles. The molecule has 1 aromatic carbocycles. The first-order valence-electron chi connectivity index (χ1n) is 5.71. The van der Waals surface area contributed by atoms with E-state index in [1.54, 1.807) is 30.9 Å². The number of carbonyl (C=O) groups is 1. The van der Waals surface area contributed by atoms with Gasteiger partial charge in [-0.25, -0.2) is 0 Å². The number of nitro groups is 1. The maximum atomic E-state index is 11.3. The van der Waals surface area contributed by atoms with Gasteiger partial charge >= 0.3 is 5.97 Å². The number of likely N-dealkylation sites (N-methyl/N-ethyl adjacent to an activating group) is 1. The van der Waals surface area contributed by atoms with Gasteiger partial charge in [-0.3, -0.25) is 14.9 Å². The van der Waals surface area contributed by atoms with Crippen LogP contribution in [0.5, 0.6) is 0 Å². The minimum absolute atomic E-state index is 0.0759. The van der Waals surface area contributed by atoms with Crippen LogP contribution in [0.3, 0.4) is 0 Å². The van der Waals surface area contributed by atoms with E-state index in [2.05, 4.69) is 10.1 Å². The average Bonchev–Trinajstić information content (AvgIpc) is 2.43. The van der Waals surface area contributed by atoms with Crippen LogP contribution in [0.25, 0.3) is 0 Å². The summed E-state index contributed by atoms with van der Waals surface area (Å²) in [6, 6.07) is 6.02. The zero-order valence-electron chi connectivity index (χ0n) is 10.8. The largest absolute Gasteiger partial charge is 0.468 e. The number of nitrogens with zero attached hydrogens (tertiary/aromatic N) is 1. The van der Waals surface area contributed by atoms with Crippen molar-refractivity contribution >= 4 is 23.4 Å². The Labute approximate surface area is 115 Å². The van der Waals surface area contributed by atoms with Gasteiger partial charge in [-0.05, 0) is 25.6 Å². The molecule has 1 atom stereocenters. The topological polar surface area (TPSA) is 81.5 Å². The summed E-state index contributed by atoms with van der Waals surface area (Å²) in [6.45, 7) is 0. The number of nitrogens with one attached hydrogen (secondary N) is 1. The van der Waals surface area contributed by atoms with Crippen molar-refractivity contribution in [2.45, 2.75) is 17.4 Å². The lowest BCUT2D eigenvalue weighted by Crippen LogP contribution is -2.35. The minimum atomic E-state index is -0.428. The van der Waals surface area contributed by atoms with Crippen LogP contribution in [0.4, 0.5) is 5.69 Å². The first-order chi connectivity index (χ1) is 9.08. The van der Waals surface area contributed by atoms with Gasteiger partial charge in [0.15, 0.2) is 0 Å². The highest BCUT2D eigenvalue weighted by Gasteiger charge is 2.16. The summed E-state index contributed by atoms with van der Waals surface area (Å²) in [6.07, 6.45) is 0.630. The molecule has 1 rings (SSSR count). The smallest absolute Gasteiger partial charge is 0.322 e. The fourth-order valence-electron chi connectivity index (χ4n) is 1.48. The maximum absolute atomic E-state index is 11.3. The molecule has 0 radical (unpaired) electrons. The monoisotopic (exact) mass is 284 g/mol. The number of hydrogen-bond acceptors (Lipinski definition) is 6. The number of methoxy groups -OCH3 is 1. The second-order valence-electron chi connectivity index (χ2n) is 3.75. The second-order valence-corrected chi connectivity index (χ2v) is 4.92. The molecule has 0 spiro atoms. The van der Waals surface area contributed by atoms with E-state index in [1.165, 1.54) is 19.2 Å². The number of nitro benzene ring substituents is 1. The highest BCUT2D eigenvalue weighted by atomic mass is 32.2. The van der Waals surface area contributed by atoms with Crippen molar-refractivity contribution in [3.63, 3.8) is 0 Å². The van der Waals surface area contributed by atoms with Gasteiger partial charge in [0, 0.05) is 22.8 Å². The number of rotatable bonds is 7. The van der Waals surface area contributed by atoms with Crippen LogP contribution in [-0.2, 0) is 9.53 Å². The van der Waals surface area contributed by atoms with E-state index < -0.39 is 4.92 Å². The first-order valence-corrected chi connectivity index (χ1v) is 6.69. The normalized spacial score (nSPS) is 11.9. The molecule has 0 aliphatic rings. The third kappa shape index (κ3) is 4.88. The molecule has 7 heteroatoms. The SMILES string of the molecule is CNC(CCSc1ccc([N+](=O)[O-])cc1)C(=O)OC. The van der Waals surface area contributed by atoms with Crippen molar-refractivity contribution in [2.75, 3.05) is 19.9 Å². The molecule has 1 aromatic rings. The van der Waals surface area contributed by atoms with E-state index in [9.17, 15) is 14.9 Å². The highest BCUT2D eigenvalue weighted by Crippen LogP contribution is 2.22. The van der Waals surface area contributed by atoms with Gasteiger partial charge in [-0.15, -0.1) is 11.8 Å². The lowest BCUT2D eigenvalue weighted by atomic mass is 10.2. The molecule has 0 aromatic heterocycles. The fraction of sp³-hybridized carbons (Fsp3) is 0.417. The van der Waals surface area contributed by atoms with Gasteiger partial charge in [-0.1, -0.05) is 0 Å². The second kappa shape index (κ2) is 7.75. The van der Waals surface area contributed by atoms with Crippen LogP contribution in [0.15, 0.2) is 29.2 Å². The van der Waals surface area contributed by atoms with Gasteiger partial charge in [0.25, 0.3) is 5.69 Å². The van der Waals surface area contributed by atoms with Crippen molar-refractivity contribution in [1.29, 1.82) is 0 Å². The Bertz CT molecular complexity index is 436. The third-order valence-corrected chi connectivity index (χ3v) is 3.60. The van der Waals surface area contributed by atoms with E-state index in [-0.39, 0.29) is 17.7 Å². The molecule has 0 aliphatic carbocycles. The molecule has 19 heavy (non-hydrogen) atoms. The van der Waals surface area contributed by atoms with Crippen LogP contribution >= 0.6 is 11.8 Å². The van der Waals surface area contributed by atoms with E-state index >= 15 is 0 Å². The predicted molar refractivity (Wildman–Crippen MR) is 73.3 cm³/mol. The van der Waals surface area contributed by atoms with Crippen molar-refractivity contribution in [2.24, 2.45) is 0 Å². The maximum Gasteiger partial charge on any atom is 0.322 e. The van der Waals surface area contributed by atoms with E-state index in [0.717, 1.165) is 10.6 Å². The number of esters is 1. The molecule has 1 N–H and O–H groups in total. The molecular weight excluding hydrogens is 268 g/mol. The molecule has 0 aliphatic heterocycles. The quantitative estimate of drug-likeness (QED) is 0.356. The minimum Gasteiger partial charge on any atom is -0.468 e. The third-order valence-electron chi connectivity index (χ3n) is 2.56. The summed E-state index contributed by atoms with van der Waals surface area (Å²) < 4.78 is 4.66. The van der Waals surface area contributed by atoms with E-state index in [4.69, 9.17) is 0 Å². The van der Waals surface area contributed by atoms with Crippen LogP contribution in [-0.4, -0.2) is 36.8 Å². The number of ether oxygens (including phenoxy) is 1. The van der Waals surface area contributed by atoms with Gasteiger partial charge in [0.2, 0.25) is 0 Å². The Morgan fingerprint density at radius 3 is 2.58 bits per heavy atom. The van der Waals surface area contributed by atoms with Gasteiger partial charge in [0.1, 0.15) is 6.04 Å². The number of hydrogen-bond donors (Lipinski definition) is 1. The highest BCUT2D eigenvalue weighted by molar-refractivity contribution is 7.99. The summed E-state index contributed by atoms with van der Waals surface area (Å²) >= 11 is 1.54. The first kappa shape index (κ1) is 15.5. The Morgan fingerprint density at radius 1 is 1.47 bits per heavy atom. The Morgan fingerprint density at radius 2 is 2.11 bits per heavy atom. The number of non-ortho nitro benzene ring substituents is 1. The zero-order valence-corrected chi connectivity index (χ0v) is 11.6. The van der Waals surface area contributed by atoms with Gasteiger partial charge in [-0.2, -0.15) is 0 Å². The average molecular weight is 284 g/mol. The van der Waals surface area contributed by atoms with Gasteiger partial charge < -0.3 is 10.1 Å². The fourth-order valence-corrected chi connectivity index (χ4v) is 2.40. The Kier molecular flexibility index (Phi) is 6.31. The molecule has 0 amide bonds. The molecule has 6 nitrogen and oxygen atoms in total. The van der Waals surface area contributed by atoms with Crippen LogP contribution < -0.4 is 5.32 Å². The van der Waals surface area contributed by atoms with Crippen molar-refractivity contribution in [3.8, 4) is 0 Å².